The van der Waals surface area contributed by atoms with Gasteiger partial charge in [-0.1, -0.05) is 19.3 Å². The number of hydrogen-bond donors (Lipinski definition) is 0. The molecule has 5 rings (SSSR count). The second-order valence-electron chi connectivity index (χ2n) is 11.3. The Morgan fingerprint density at radius 2 is 1.22 bits per heavy atom. The van der Waals surface area contributed by atoms with Gasteiger partial charge in [0, 0.05) is 0 Å². The van der Waals surface area contributed by atoms with E-state index in [1.54, 1.807) is 16.9 Å². The van der Waals surface area contributed by atoms with Crippen molar-refractivity contribution in [2.24, 2.45) is 11.0 Å². The van der Waals surface area contributed by atoms with Crippen LogP contribution in [0.3, 0.4) is 0 Å². The first kappa shape index (κ1) is 26.5. The third kappa shape index (κ3) is 6.51. The molecule has 5 heteroatoms. The number of hydrazone groups is 1. The van der Waals surface area contributed by atoms with Crippen molar-refractivity contribution >= 4 is 44.3 Å². The number of nitrogens with zero attached hydrogens (tertiary/aromatic N) is 3. The Balaban J connectivity index is 1.56. The van der Waals surface area contributed by atoms with Gasteiger partial charge in [-0.25, -0.2) is 0 Å². The number of rotatable bonds is 3. The van der Waals surface area contributed by atoms with E-state index in [0.717, 1.165) is 35.5 Å². The molecule has 37 heavy (non-hydrogen) atoms. The first-order valence-corrected chi connectivity index (χ1v) is 16.1. The molecule has 1 aliphatic heterocycles. The van der Waals surface area contributed by atoms with Crippen LogP contribution in [-0.4, -0.2) is 39.6 Å². The first-order chi connectivity index (χ1) is 18.2. The van der Waals surface area contributed by atoms with Crippen LogP contribution in [0.1, 0.15) is 108 Å². The summed E-state index contributed by atoms with van der Waals surface area (Å²) in [5.41, 5.74) is 4.22. The van der Waals surface area contributed by atoms with E-state index in [1.807, 2.05) is 9.91 Å². The van der Waals surface area contributed by atoms with Crippen LogP contribution in [0.5, 0.6) is 0 Å². The number of carbonyl (C=O) groups is 1. The summed E-state index contributed by atoms with van der Waals surface area (Å²) in [6, 6.07) is 17.2. The van der Waals surface area contributed by atoms with Crippen LogP contribution in [0.4, 0.5) is 16.2 Å². The number of benzene rings is 2. The molecule has 2 amide bonds. The summed E-state index contributed by atoms with van der Waals surface area (Å²) >= 11 is 1.61. The molecule has 2 aromatic carbocycles. The average Bonchev–Trinajstić information content (AvgIpc) is 3.04. The Kier molecular flexibility index (Phi) is 9.43. The van der Waals surface area contributed by atoms with Crippen molar-refractivity contribution in [2.45, 2.75) is 109 Å². The Hall–Kier alpha value is -2.06. The van der Waals surface area contributed by atoms with Crippen LogP contribution in [0, 0.1) is 5.92 Å². The zero-order valence-corrected chi connectivity index (χ0v) is 24.8. The standard InChI is InChI=1S/C32H44AsN3O/c33-26-21-23-27(24-22-26)35-30-20-14-13-19-29(30)31(25-15-9-8-10-16-25)34-36(32(35)37)28-17-11-6-4-2-1-3-5-7-12-18-28/h13-14,19-25,28H,1-12,15-18,33H2. The number of amides is 2. The zero-order chi connectivity index (χ0) is 25.5. The molecule has 0 spiro atoms. The number of para-hydroxylation sites is 1. The van der Waals surface area contributed by atoms with Crippen molar-refractivity contribution in [2.75, 3.05) is 4.90 Å². The topological polar surface area (TPSA) is 35.9 Å². The van der Waals surface area contributed by atoms with Crippen molar-refractivity contribution in [1.82, 2.24) is 5.01 Å². The molecule has 0 N–H and O–H groups in total. The normalized spacial score (nSPS) is 21.4. The van der Waals surface area contributed by atoms with Gasteiger partial charge in [0.2, 0.25) is 0 Å². The third-order valence-electron chi connectivity index (χ3n) is 8.59. The Labute approximate surface area is 232 Å². The predicted molar refractivity (Wildman–Crippen MR) is 158 cm³/mol. The van der Waals surface area contributed by atoms with Crippen LogP contribution in [0.25, 0.3) is 0 Å². The first-order valence-electron chi connectivity index (χ1n) is 14.9. The number of hydrogen-bond acceptors (Lipinski definition) is 2. The van der Waals surface area contributed by atoms with Gasteiger partial charge in [0.15, 0.2) is 0 Å². The minimum atomic E-state index is 0.0183. The van der Waals surface area contributed by atoms with Gasteiger partial charge in [0.1, 0.15) is 0 Å². The molecule has 2 fully saturated rings. The summed E-state index contributed by atoms with van der Waals surface area (Å²) in [6.07, 6.45) is 19.9. The van der Waals surface area contributed by atoms with E-state index >= 15 is 0 Å². The maximum absolute atomic E-state index is 14.5. The van der Waals surface area contributed by atoms with Crippen LogP contribution in [-0.2, 0) is 0 Å². The second kappa shape index (κ2) is 13.1. The Bertz CT molecular complexity index is 1050. The van der Waals surface area contributed by atoms with E-state index in [-0.39, 0.29) is 12.1 Å². The molecule has 0 bridgehead atoms. The molecule has 4 nitrogen and oxygen atoms in total. The van der Waals surface area contributed by atoms with E-state index in [2.05, 4.69) is 48.5 Å². The number of urea groups is 1. The van der Waals surface area contributed by atoms with Gasteiger partial charge in [0.25, 0.3) is 0 Å². The molecule has 0 aromatic heterocycles. The number of anilines is 2. The third-order valence-corrected chi connectivity index (χ3v) is 9.39. The molecule has 1 heterocycles. The summed E-state index contributed by atoms with van der Waals surface area (Å²) in [5.74, 6) is 0.428. The van der Waals surface area contributed by atoms with Gasteiger partial charge >= 0.3 is 214 Å². The van der Waals surface area contributed by atoms with E-state index in [1.165, 1.54) is 94.2 Å². The molecule has 0 radical (unpaired) electrons. The summed E-state index contributed by atoms with van der Waals surface area (Å²) < 4.78 is 1.27. The van der Waals surface area contributed by atoms with Crippen molar-refractivity contribution in [1.29, 1.82) is 0 Å². The van der Waals surface area contributed by atoms with Gasteiger partial charge in [-0.15, -0.1) is 0 Å². The van der Waals surface area contributed by atoms with Crippen LogP contribution in [0.15, 0.2) is 53.6 Å². The molecule has 1 unspecified atom stereocenters. The van der Waals surface area contributed by atoms with Crippen molar-refractivity contribution in [3.63, 3.8) is 0 Å². The molecule has 2 saturated carbocycles. The zero-order valence-electron chi connectivity index (χ0n) is 22.4. The van der Waals surface area contributed by atoms with E-state index in [4.69, 9.17) is 5.10 Å². The Morgan fingerprint density at radius 1 is 0.676 bits per heavy atom. The summed E-state index contributed by atoms with van der Waals surface area (Å²) in [7, 11) is 0. The van der Waals surface area contributed by atoms with Crippen LogP contribution in [0.2, 0.25) is 0 Å². The molecule has 2 aromatic rings. The average molecular weight is 562 g/mol. The fraction of sp³-hybridized carbons (Fsp3) is 0.562. The number of fused-ring (bicyclic) bond motifs is 1. The predicted octanol–water partition coefficient (Wildman–Crippen LogP) is 7.48. The van der Waals surface area contributed by atoms with Gasteiger partial charge in [0.05, 0.1) is 0 Å². The van der Waals surface area contributed by atoms with E-state index < -0.39 is 0 Å². The van der Waals surface area contributed by atoms with Crippen molar-refractivity contribution in [3.05, 3.63) is 54.1 Å². The van der Waals surface area contributed by atoms with Crippen molar-refractivity contribution in [3.8, 4) is 0 Å². The fourth-order valence-electron chi connectivity index (χ4n) is 6.48. The summed E-state index contributed by atoms with van der Waals surface area (Å²) in [6.45, 7) is 0. The molecule has 2 aliphatic carbocycles. The molecular weight excluding hydrogens is 517 g/mol. The number of carbonyl (C=O) groups excluding carboxylic acids is 1. The van der Waals surface area contributed by atoms with E-state index in [0.29, 0.717) is 5.92 Å². The van der Waals surface area contributed by atoms with Gasteiger partial charge < -0.3 is 0 Å². The summed E-state index contributed by atoms with van der Waals surface area (Å²) in [5, 5.41) is 7.31. The fourth-order valence-corrected chi connectivity index (χ4v) is 6.88. The van der Waals surface area contributed by atoms with Crippen molar-refractivity contribution < 1.29 is 4.79 Å². The summed E-state index contributed by atoms with van der Waals surface area (Å²) in [4.78, 5) is 16.5. The molecule has 1 atom stereocenters. The van der Waals surface area contributed by atoms with Gasteiger partial charge in [-0.3, -0.25) is 0 Å². The molecule has 0 saturated heterocycles. The van der Waals surface area contributed by atoms with Gasteiger partial charge in [-0.2, -0.15) is 0 Å². The minimum absolute atomic E-state index is 0.0183. The quantitative estimate of drug-likeness (QED) is 0.358. The maximum atomic E-state index is 14.5. The monoisotopic (exact) mass is 561 g/mol. The SMILES string of the molecule is O=C1N(c2ccc([AsH2])cc2)c2ccccc2C(C2CCCCC2)=NN1C1CCCCCCCCCCC1. The van der Waals surface area contributed by atoms with E-state index in [9.17, 15) is 4.79 Å². The Morgan fingerprint density at radius 3 is 1.86 bits per heavy atom. The van der Waals surface area contributed by atoms with Crippen LogP contribution >= 0.6 is 0 Å². The molecular formula is C32H44AsN3O. The molecule has 198 valence electrons. The van der Waals surface area contributed by atoms with Crippen LogP contribution < -0.4 is 9.25 Å². The second-order valence-corrected chi connectivity index (χ2v) is 12.7. The van der Waals surface area contributed by atoms with Gasteiger partial charge in [-0.05, 0) is 0 Å². The molecule has 3 aliphatic rings.